The molecule has 2 atom stereocenters. The number of nitrogens with one attached hydrogen (secondary N) is 2. The molecule has 25 heavy (non-hydrogen) atoms. The Balaban J connectivity index is 1.80. The van der Waals surface area contributed by atoms with Gasteiger partial charge >= 0.3 is 0 Å². The van der Waals surface area contributed by atoms with Gasteiger partial charge in [0.25, 0.3) is 11.8 Å². The van der Waals surface area contributed by atoms with Gasteiger partial charge in [-0.3, -0.25) is 20.4 Å². The molecule has 2 rings (SSSR count). The van der Waals surface area contributed by atoms with Gasteiger partial charge in [-0.25, -0.2) is 0 Å². The summed E-state index contributed by atoms with van der Waals surface area (Å²) in [7, 11) is 1.50. The second-order valence-corrected chi connectivity index (χ2v) is 6.52. The highest BCUT2D eigenvalue weighted by Crippen LogP contribution is 2.27. The molecule has 2 amide bonds. The molecule has 0 radical (unpaired) electrons. The Hall–Kier alpha value is -2.12. The number of hydrogen-bond donors (Lipinski definition) is 4. The number of methoxy groups -OCH3 is 1. The number of hydrogen-bond acceptors (Lipinski definition) is 5. The van der Waals surface area contributed by atoms with Crippen LogP contribution in [0.5, 0.6) is 5.75 Å². The zero-order valence-electron chi connectivity index (χ0n) is 14.5. The number of aliphatic hydroxyl groups is 1. The van der Waals surface area contributed by atoms with Gasteiger partial charge in [-0.05, 0) is 30.5 Å². The molecule has 0 aromatic heterocycles. The molecule has 1 saturated carbocycles. The average molecular weight is 349 g/mol. The molecule has 1 aromatic rings. The quantitative estimate of drug-likeness (QED) is 0.575. The number of amides is 2. The number of aliphatic hydroxyl groups excluding tert-OH is 1. The lowest BCUT2D eigenvalue weighted by Crippen LogP contribution is -2.52. The summed E-state index contributed by atoms with van der Waals surface area (Å²) in [6.07, 6.45) is 5.03. The van der Waals surface area contributed by atoms with E-state index in [-0.39, 0.29) is 0 Å². The predicted molar refractivity (Wildman–Crippen MR) is 93.8 cm³/mol. The molecule has 1 aromatic carbocycles. The van der Waals surface area contributed by atoms with Gasteiger partial charge in [0.05, 0.1) is 7.11 Å². The lowest BCUT2D eigenvalue weighted by molar-refractivity contribution is -0.131. The fraction of sp³-hybridized carbons (Fsp3) is 0.556. The number of benzene rings is 1. The van der Waals surface area contributed by atoms with Gasteiger partial charge < -0.3 is 15.6 Å². The highest BCUT2D eigenvalue weighted by molar-refractivity contribution is 5.96. The number of carbonyl (C=O) groups is 2. The molecule has 1 unspecified atom stereocenters. The van der Waals surface area contributed by atoms with Crippen LogP contribution in [0.4, 0.5) is 0 Å². The molecular weight excluding hydrogens is 322 g/mol. The molecular formula is C18H27N3O4. The van der Waals surface area contributed by atoms with Gasteiger partial charge in [0.15, 0.2) is 0 Å². The van der Waals surface area contributed by atoms with Gasteiger partial charge in [-0.2, -0.15) is 0 Å². The van der Waals surface area contributed by atoms with Gasteiger partial charge in [0.2, 0.25) is 0 Å². The maximum absolute atomic E-state index is 12.0. The predicted octanol–water partition coefficient (Wildman–Crippen LogP) is 1.11. The van der Waals surface area contributed by atoms with Gasteiger partial charge in [0, 0.05) is 11.6 Å². The Morgan fingerprint density at radius 3 is 2.68 bits per heavy atom. The van der Waals surface area contributed by atoms with Crippen LogP contribution in [-0.2, 0) is 4.79 Å². The molecule has 5 N–H and O–H groups in total. The minimum atomic E-state index is -1.35. The summed E-state index contributed by atoms with van der Waals surface area (Å²) in [6.45, 7) is 0. The Kier molecular flexibility index (Phi) is 7.21. The van der Waals surface area contributed by atoms with Crippen molar-refractivity contribution < 1.29 is 19.4 Å². The van der Waals surface area contributed by atoms with E-state index in [0.717, 1.165) is 12.8 Å². The highest BCUT2D eigenvalue weighted by atomic mass is 16.5. The zero-order chi connectivity index (χ0) is 18.2. The Labute approximate surface area is 147 Å². The van der Waals surface area contributed by atoms with E-state index in [9.17, 15) is 14.7 Å². The summed E-state index contributed by atoms with van der Waals surface area (Å²) in [6, 6.07) is 5.88. The van der Waals surface area contributed by atoms with Crippen molar-refractivity contribution in [3.8, 4) is 5.75 Å². The van der Waals surface area contributed by atoms with Crippen LogP contribution in [0.15, 0.2) is 24.3 Å². The third-order valence-corrected chi connectivity index (χ3v) is 4.64. The van der Waals surface area contributed by atoms with Crippen LogP contribution in [0.25, 0.3) is 0 Å². The van der Waals surface area contributed by atoms with Gasteiger partial charge in [0.1, 0.15) is 11.9 Å². The summed E-state index contributed by atoms with van der Waals surface area (Å²) in [4.78, 5) is 24.0. The normalized spacial score (nSPS) is 17.4. The van der Waals surface area contributed by atoms with E-state index in [1.807, 2.05) is 0 Å². The minimum Gasteiger partial charge on any atom is -0.497 e. The summed E-state index contributed by atoms with van der Waals surface area (Å²) in [5.41, 5.74) is 10.8. The first-order chi connectivity index (χ1) is 12.0. The first kappa shape index (κ1) is 19.2. The lowest BCUT2D eigenvalue weighted by Gasteiger charge is -2.26. The standard InChI is InChI=1S/C18H27N3O4/c1-25-14-9-5-8-13(11-14)17(23)20-21-18(24)16(22)15(19)10-12-6-3-2-4-7-12/h5,8-9,11-12,15-16,22H,2-4,6-7,10,19H2,1H3,(H,20,23)(H,21,24)/t15-,16?/m1/s1. The van der Waals surface area contributed by atoms with Crippen molar-refractivity contribution in [3.05, 3.63) is 29.8 Å². The second-order valence-electron chi connectivity index (χ2n) is 6.52. The molecule has 7 heteroatoms. The highest BCUT2D eigenvalue weighted by Gasteiger charge is 2.26. The van der Waals surface area contributed by atoms with E-state index >= 15 is 0 Å². The van der Waals surface area contributed by atoms with Crippen molar-refractivity contribution in [2.75, 3.05) is 7.11 Å². The van der Waals surface area contributed by atoms with Crippen LogP contribution in [0.3, 0.4) is 0 Å². The van der Waals surface area contributed by atoms with Gasteiger partial charge in [-0.15, -0.1) is 0 Å². The summed E-state index contributed by atoms with van der Waals surface area (Å²) >= 11 is 0. The molecule has 7 nitrogen and oxygen atoms in total. The number of hydrazine groups is 1. The van der Waals surface area contributed by atoms with Crippen LogP contribution < -0.4 is 21.3 Å². The second kappa shape index (κ2) is 9.39. The molecule has 0 heterocycles. The fourth-order valence-electron chi connectivity index (χ4n) is 3.16. The SMILES string of the molecule is COc1cccc(C(=O)NNC(=O)C(O)[C@H](N)CC2CCCCC2)c1. The number of rotatable bonds is 6. The van der Waals surface area contributed by atoms with E-state index < -0.39 is 24.0 Å². The maximum Gasteiger partial charge on any atom is 0.269 e. The Morgan fingerprint density at radius 2 is 2.00 bits per heavy atom. The van der Waals surface area contributed by atoms with Crippen LogP contribution in [0, 0.1) is 5.92 Å². The van der Waals surface area contributed by atoms with Crippen molar-refractivity contribution in [2.45, 2.75) is 50.7 Å². The average Bonchev–Trinajstić information content (AvgIpc) is 2.65. The van der Waals surface area contributed by atoms with Crippen molar-refractivity contribution in [1.82, 2.24) is 10.9 Å². The van der Waals surface area contributed by atoms with E-state index in [1.54, 1.807) is 24.3 Å². The van der Waals surface area contributed by atoms with Gasteiger partial charge in [-0.1, -0.05) is 38.2 Å². The first-order valence-corrected chi connectivity index (χ1v) is 8.69. The number of nitrogens with two attached hydrogens (primary N) is 1. The van der Waals surface area contributed by atoms with Crippen LogP contribution in [-0.4, -0.2) is 36.2 Å². The third-order valence-electron chi connectivity index (χ3n) is 4.64. The topological polar surface area (TPSA) is 114 Å². The monoisotopic (exact) mass is 349 g/mol. The Bertz CT molecular complexity index is 587. The van der Waals surface area contributed by atoms with E-state index in [1.165, 1.54) is 26.4 Å². The maximum atomic E-state index is 12.0. The molecule has 0 bridgehead atoms. The van der Waals surface area contributed by atoms with Crippen LogP contribution in [0.1, 0.15) is 48.9 Å². The molecule has 0 aliphatic heterocycles. The summed E-state index contributed by atoms with van der Waals surface area (Å²) < 4.78 is 5.05. The zero-order valence-corrected chi connectivity index (χ0v) is 14.5. The van der Waals surface area contributed by atoms with Crippen LogP contribution >= 0.6 is 0 Å². The van der Waals surface area contributed by atoms with Crippen molar-refractivity contribution >= 4 is 11.8 Å². The summed E-state index contributed by atoms with van der Waals surface area (Å²) in [5, 5.41) is 10.1. The van der Waals surface area contributed by atoms with Crippen molar-refractivity contribution in [2.24, 2.45) is 11.7 Å². The fourth-order valence-corrected chi connectivity index (χ4v) is 3.16. The van der Waals surface area contributed by atoms with Crippen molar-refractivity contribution in [3.63, 3.8) is 0 Å². The lowest BCUT2D eigenvalue weighted by atomic mass is 9.84. The minimum absolute atomic E-state index is 0.334. The van der Waals surface area contributed by atoms with Crippen molar-refractivity contribution in [1.29, 1.82) is 0 Å². The number of ether oxygens (including phenoxy) is 1. The van der Waals surface area contributed by atoms with E-state index in [4.69, 9.17) is 10.5 Å². The van der Waals surface area contributed by atoms with E-state index in [0.29, 0.717) is 23.7 Å². The van der Waals surface area contributed by atoms with Crippen LogP contribution in [0.2, 0.25) is 0 Å². The molecule has 138 valence electrons. The Morgan fingerprint density at radius 1 is 1.28 bits per heavy atom. The molecule has 1 aliphatic rings. The number of carbonyl (C=O) groups excluding carboxylic acids is 2. The third kappa shape index (κ3) is 5.72. The smallest absolute Gasteiger partial charge is 0.269 e. The molecule has 1 aliphatic carbocycles. The summed E-state index contributed by atoms with van der Waals surface area (Å²) in [5.74, 6) is -0.217. The largest absolute Gasteiger partial charge is 0.497 e. The first-order valence-electron chi connectivity index (χ1n) is 8.69. The molecule has 0 saturated heterocycles. The van der Waals surface area contributed by atoms with E-state index in [2.05, 4.69) is 10.9 Å². The molecule has 1 fully saturated rings. The molecule has 0 spiro atoms.